The quantitative estimate of drug-likeness (QED) is 0.803. The summed E-state index contributed by atoms with van der Waals surface area (Å²) in [4.78, 5) is 0. The van der Waals surface area contributed by atoms with Gasteiger partial charge in [0.15, 0.2) is 0 Å². The van der Waals surface area contributed by atoms with Gasteiger partial charge in [0.1, 0.15) is 0 Å². The normalized spacial score (nSPS) is 40.1. The molecule has 2 heteroatoms. The number of rotatable bonds is 4. The van der Waals surface area contributed by atoms with Crippen LogP contribution in [-0.2, 0) is 0 Å². The van der Waals surface area contributed by atoms with E-state index >= 15 is 0 Å². The van der Waals surface area contributed by atoms with Gasteiger partial charge in [-0.3, -0.25) is 0 Å². The zero-order valence-electron chi connectivity index (χ0n) is 10.9. The molecule has 2 fully saturated rings. The predicted octanol–water partition coefficient (Wildman–Crippen LogP) is 3.83. The molecule has 0 bridgehead atoms. The summed E-state index contributed by atoms with van der Waals surface area (Å²) in [6.45, 7) is 2.37. The van der Waals surface area contributed by atoms with E-state index in [9.17, 15) is 0 Å². The maximum Gasteiger partial charge on any atom is 0.0198 e. The molecule has 94 valence electrons. The van der Waals surface area contributed by atoms with E-state index in [2.05, 4.69) is 30.3 Å². The van der Waals surface area contributed by atoms with E-state index in [0.29, 0.717) is 0 Å². The molecular weight excluding hydrogens is 214 g/mol. The molecule has 0 heterocycles. The molecule has 1 nitrogen and oxygen atoms in total. The summed E-state index contributed by atoms with van der Waals surface area (Å²) in [5, 5.41) is 4.89. The molecule has 2 aliphatic rings. The molecule has 16 heavy (non-hydrogen) atoms. The van der Waals surface area contributed by atoms with Crippen LogP contribution in [0.15, 0.2) is 0 Å². The molecule has 0 amide bonds. The van der Waals surface area contributed by atoms with Crippen molar-refractivity contribution in [2.45, 2.75) is 75.6 Å². The minimum Gasteiger partial charge on any atom is -0.310 e. The van der Waals surface area contributed by atoms with Crippen molar-refractivity contribution >= 4 is 11.8 Å². The molecule has 4 atom stereocenters. The molecule has 0 aromatic rings. The maximum atomic E-state index is 4.00. The van der Waals surface area contributed by atoms with Gasteiger partial charge in [-0.2, -0.15) is 11.8 Å². The van der Waals surface area contributed by atoms with E-state index in [4.69, 9.17) is 0 Å². The lowest BCUT2D eigenvalue weighted by Gasteiger charge is -2.35. The topological polar surface area (TPSA) is 12.0 Å². The van der Waals surface area contributed by atoms with Crippen LogP contribution in [0.2, 0.25) is 0 Å². The standard InChI is InChI=1S/C14H27NS/c1-3-11-7-4-5-8-12(11)15-13-9-6-10-14(13)16-2/h11-15H,3-10H2,1-2H3. The third kappa shape index (κ3) is 2.95. The lowest BCUT2D eigenvalue weighted by molar-refractivity contribution is 0.238. The van der Waals surface area contributed by atoms with Gasteiger partial charge in [0.05, 0.1) is 0 Å². The highest BCUT2D eigenvalue weighted by molar-refractivity contribution is 7.99. The first-order chi connectivity index (χ1) is 7.85. The third-order valence-corrected chi connectivity index (χ3v) is 5.79. The summed E-state index contributed by atoms with van der Waals surface area (Å²) in [6.07, 6.45) is 13.7. The smallest absolute Gasteiger partial charge is 0.0198 e. The van der Waals surface area contributed by atoms with E-state index in [0.717, 1.165) is 23.3 Å². The van der Waals surface area contributed by atoms with Crippen molar-refractivity contribution in [2.24, 2.45) is 5.92 Å². The summed E-state index contributed by atoms with van der Waals surface area (Å²) in [5.74, 6) is 0.955. The highest BCUT2D eigenvalue weighted by atomic mass is 32.2. The van der Waals surface area contributed by atoms with E-state index in [1.807, 2.05) is 0 Å². The van der Waals surface area contributed by atoms with Crippen molar-refractivity contribution in [1.29, 1.82) is 0 Å². The van der Waals surface area contributed by atoms with Crippen LogP contribution < -0.4 is 5.32 Å². The van der Waals surface area contributed by atoms with Crippen molar-refractivity contribution in [1.82, 2.24) is 5.32 Å². The molecule has 0 spiro atoms. The second-order valence-electron chi connectivity index (χ2n) is 5.54. The number of thioether (sulfide) groups is 1. The van der Waals surface area contributed by atoms with E-state index < -0.39 is 0 Å². The lowest BCUT2D eigenvalue weighted by atomic mass is 9.82. The van der Waals surface area contributed by atoms with Gasteiger partial charge in [-0.05, 0) is 37.9 Å². The molecule has 0 saturated heterocycles. The summed E-state index contributed by atoms with van der Waals surface area (Å²) >= 11 is 2.08. The van der Waals surface area contributed by atoms with Crippen molar-refractivity contribution in [2.75, 3.05) is 6.26 Å². The Hall–Kier alpha value is 0.310. The van der Waals surface area contributed by atoms with Crippen LogP contribution in [0.3, 0.4) is 0 Å². The van der Waals surface area contributed by atoms with E-state index in [1.54, 1.807) is 0 Å². The van der Waals surface area contributed by atoms with Crippen LogP contribution in [0.1, 0.15) is 58.3 Å². The van der Waals surface area contributed by atoms with Crippen LogP contribution >= 0.6 is 11.8 Å². The van der Waals surface area contributed by atoms with Gasteiger partial charge in [-0.25, -0.2) is 0 Å². The Morgan fingerprint density at radius 1 is 1.00 bits per heavy atom. The minimum absolute atomic E-state index is 0.812. The molecule has 2 rings (SSSR count). The molecule has 2 aliphatic carbocycles. The monoisotopic (exact) mass is 241 g/mol. The third-order valence-electron chi connectivity index (χ3n) is 4.62. The molecule has 2 saturated carbocycles. The first-order valence-corrected chi connectivity index (χ1v) is 8.42. The molecular formula is C14H27NS. The summed E-state index contributed by atoms with van der Waals surface area (Å²) in [5.41, 5.74) is 0. The average Bonchev–Trinajstić information content (AvgIpc) is 2.77. The van der Waals surface area contributed by atoms with Crippen LogP contribution in [-0.4, -0.2) is 23.6 Å². The molecule has 1 N–H and O–H groups in total. The minimum atomic E-state index is 0.812. The highest BCUT2D eigenvalue weighted by Crippen LogP contribution is 2.32. The second kappa shape index (κ2) is 6.30. The molecule has 0 radical (unpaired) electrons. The first-order valence-electron chi connectivity index (χ1n) is 7.14. The Balaban J connectivity index is 1.86. The van der Waals surface area contributed by atoms with Crippen molar-refractivity contribution in [3.63, 3.8) is 0 Å². The van der Waals surface area contributed by atoms with Gasteiger partial charge in [0.2, 0.25) is 0 Å². The number of hydrogen-bond donors (Lipinski definition) is 1. The SMILES string of the molecule is CCC1CCCCC1NC1CCCC1SC. The fourth-order valence-corrected chi connectivity index (χ4v) is 4.54. The second-order valence-corrected chi connectivity index (χ2v) is 6.61. The van der Waals surface area contributed by atoms with Gasteiger partial charge in [-0.1, -0.05) is 32.6 Å². The number of hydrogen-bond acceptors (Lipinski definition) is 2. The predicted molar refractivity (Wildman–Crippen MR) is 74.1 cm³/mol. The van der Waals surface area contributed by atoms with Crippen LogP contribution in [0.25, 0.3) is 0 Å². The Bertz CT molecular complexity index is 207. The molecule has 0 aromatic heterocycles. The van der Waals surface area contributed by atoms with Crippen LogP contribution in [0.4, 0.5) is 0 Å². The van der Waals surface area contributed by atoms with Crippen molar-refractivity contribution in [3.05, 3.63) is 0 Å². The van der Waals surface area contributed by atoms with E-state index in [1.165, 1.54) is 51.4 Å². The van der Waals surface area contributed by atoms with Gasteiger partial charge in [0, 0.05) is 17.3 Å². The zero-order valence-corrected chi connectivity index (χ0v) is 11.7. The Morgan fingerprint density at radius 2 is 1.75 bits per heavy atom. The van der Waals surface area contributed by atoms with Gasteiger partial charge >= 0.3 is 0 Å². The van der Waals surface area contributed by atoms with Crippen molar-refractivity contribution < 1.29 is 0 Å². The maximum absolute atomic E-state index is 4.00. The number of nitrogens with one attached hydrogen (secondary N) is 1. The highest BCUT2D eigenvalue weighted by Gasteiger charge is 2.31. The summed E-state index contributed by atoms with van der Waals surface area (Å²) in [6, 6.07) is 1.64. The zero-order chi connectivity index (χ0) is 11.4. The van der Waals surface area contributed by atoms with Gasteiger partial charge < -0.3 is 5.32 Å². The largest absolute Gasteiger partial charge is 0.310 e. The van der Waals surface area contributed by atoms with Crippen LogP contribution in [0, 0.1) is 5.92 Å². The Labute approximate surface area is 105 Å². The summed E-state index contributed by atoms with van der Waals surface area (Å²) < 4.78 is 0. The summed E-state index contributed by atoms with van der Waals surface area (Å²) in [7, 11) is 0. The van der Waals surface area contributed by atoms with Gasteiger partial charge in [0.25, 0.3) is 0 Å². The fraction of sp³-hybridized carbons (Fsp3) is 1.00. The van der Waals surface area contributed by atoms with Gasteiger partial charge in [-0.15, -0.1) is 0 Å². The molecule has 4 unspecified atom stereocenters. The Kier molecular flexibility index (Phi) is 5.02. The van der Waals surface area contributed by atoms with E-state index in [-0.39, 0.29) is 0 Å². The molecule has 0 aliphatic heterocycles. The Morgan fingerprint density at radius 3 is 2.50 bits per heavy atom. The lowest BCUT2D eigenvalue weighted by Crippen LogP contribution is -2.46. The van der Waals surface area contributed by atoms with Crippen LogP contribution in [0.5, 0.6) is 0 Å². The first kappa shape index (κ1) is 12.8. The fourth-order valence-electron chi connectivity index (χ4n) is 3.59. The molecule has 0 aromatic carbocycles. The average molecular weight is 241 g/mol. The van der Waals surface area contributed by atoms with Crippen molar-refractivity contribution in [3.8, 4) is 0 Å².